The Bertz CT molecular complexity index is 511. The van der Waals surface area contributed by atoms with E-state index in [4.69, 9.17) is 4.74 Å². The number of carbonyl (C=O) groups excluding carboxylic acids is 1. The summed E-state index contributed by atoms with van der Waals surface area (Å²) >= 11 is 1.96. The van der Waals surface area contributed by atoms with Gasteiger partial charge < -0.3 is 14.2 Å². The highest BCUT2D eigenvalue weighted by atomic mass is 32.2. The molecule has 1 aromatic heterocycles. The third-order valence-corrected chi connectivity index (χ3v) is 5.57. The minimum Gasteiger partial charge on any atom is -0.378 e. The molecule has 1 fully saturated rings. The molecule has 1 atom stereocenters. The molecular weight excluding hydrogens is 286 g/mol. The number of aromatic nitrogens is 2. The molecule has 2 aliphatic rings. The maximum atomic E-state index is 12.8. The highest BCUT2D eigenvalue weighted by molar-refractivity contribution is 7.99. The van der Waals surface area contributed by atoms with Crippen LogP contribution in [0.4, 0.5) is 0 Å². The van der Waals surface area contributed by atoms with Crippen molar-refractivity contribution in [3.05, 3.63) is 17.7 Å². The van der Waals surface area contributed by atoms with E-state index in [2.05, 4.69) is 16.5 Å². The Morgan fingerprint density at radius 3 is 2.90 bits per heavy atom. The zero-order valence-corrected chi connectivity index (χ0v) is 13.6. The second-order valence-corrected chi connectivity index (χ2v) is 7.01. The van der Waals surface area contributed by atoms with Gasteiger partial charge in [-0.3, -0.25) is 4.79 Å². The molecule has 2 aliphatic heterocycles. The summed E-state index contributed by atoms with van der Waals surface area (Å²) in [7, 11) is 1.70. The van der Waals surface area contributed by atoms with Crippen LogP contribution in [0, 0.1) is 5.92 Å². The van der Waals surface area contributed by atoms with E-state index in [1.807, 2.05) is 22.9 Å². The van der Waals surface area contributed by atoms with Gasteiger partial charge in [-0.05, 0) is 31.3 Å². The minimum absolute atomic E-state index is 0.0615. The summed E-state index contributed by atoms with van der Waals surface area (Å²) in [4.78, 5) is 19.3. The Kier molecular flexibility index (Phi) is 4.54. The maximum Gasteiger partial charge on any atom is 0.226 e. The van der Waals surface area contributed by atoms with Gasteiger partial charge in [0.15, 0.2) is 0 Å². The first-order valence-corrected chi connectivity index (χ1v) is 8.79. The van der Waals surface area contributed by atoms with Crippen molar-refractivity contribution in [2.75, 3.05) is 25.2 Å². The lowest BCUT2D eigenvalue weighted by Gasteiger charge is -2.37. The van der Waals surface area contributed by atoms with Crippen LogP contribution in [0.2, 0.25) is 0 Å². The first-order chi connectivity index (χ1) is 10.2. The lowest BCUT2D eigenvalue weighted by Crippen LogP contribution is -2.45. The van der Waals surface area contributed by atoms with Crippen LogP contribution in [-0.4, -0.2) is 45.5 Å². The first kappa shape index (κ1) is 14.9. The van der Waals surface area contributed by atoms with E-state index < -0.39 is 0 Å². The van der Waals surface area contributed by atoms with Crippen molar-refractivity contribution in [2.24, 2.45) is 5.92 Å². The van der Waals surface area contributed by atoms with Crippen LogP contribution in [0.25, 0.3) is 0 Å². The lowest BCUT2D eigenvalue weighted by atomic mass is 9.99. The van der Waals surface area contributed by atoms with Crippen LogP contribution >= 0.6 is 11.8 Å². The molecule has 5 nitrogen and oxygen atoms in total. The number of imidazole rings is 1. The fourth-order valence-electron chi connectivity index (χ4n) is 3.30. The smallest absolute Gasteiger partial charge is 0.226 e. The molecule has 3 rings (SSSR count). The van der Waals surface area contributed by atoms with E-state index in [1.165, 1.54) is 0 Å². The molecule has 21 heavy (non-hydrogen) atoms. The molecule has 0 spiro atoms. The number of ether oxygens (including phenoxy) is 1. The molecule has 0 aromatic carbocycles. The van der Waals surface area contributed by atoms with Crippen molar-refractivity contribution in [3.8, 4) is 0 Å². The van der Waals surface area contributed by atoms with Crippen LogP contribution < -0.4 is 0 Å². The van der Waals surface area contributed by atoms with Gasteiger partial charge in [-0.2, -0.15) is 11.8 Å². The number of carbonyl (C=O) groups is 1. The molecule has 116 valence electrons. The number of fused-ring (bicyclic) bond motifs is 1. The number of hydrogen-bond donors (Lipinski definition) is 0. The second-order valence-electron chi connectivity index (χ2n) is 5.79. The van der Waals surface area contributed by atoms with Gasteiger partial charge in [0.25, 0.3) is 0 Å². The van der Waals surface area contributed by atoms with Crippen LogP contribution in [0.1, 0.15) is 37.3 Å². The van der Waals surface area contributed by atoms with Crippen molar-refractivity contribution in [1.29, 1.82) is 0 Å². The van der Waals surface area contributed by atoms with E-state index in [0.717, 1.165) is 49.0 Å². The van der Waals surface area contributed by atoms with Crippen LogP contribution in [0.3, 0.4) is 0 Å². The van der Waals surface area contributed by atoms with Gasteiger partial charge in [0.1, 0.15) is 5.82 Å². The van der Waals surface area contributed by atoms with E-state index in [9.17, 15) is 4.79 Å². The van der Waals surface area contributed by atoms with Gasteiger partial charge in [-0.25, -0.2) is 4.98 Å². The average Bonchev–Trinajstić information content (AvgIpc) is 2.92. The van der Waals surface area contributed by atoms with Gasteiger partial charge in [0, 0.05) is 26.1 Å². The summed E-state index contributed by atoms with van der Waals surface area (Å²) in [5.74, 6) is 3.77. The Labute approximate surface area is 130 Å². The number of nitrogens with zero attached hydrogens (tertiary/aromatic N) is 3. The van der Waals surface area contributed by atoms with Crippen LogP contribution in [-0.2, 0) is 22.7 Å². The van der Waals surface area contributed by atoms with Gasteiger partial charge in [0.2, 0.25) is 5.91 Å². The Balaban J connectivity index is 1.75. The van der Waals surface area contributed by atoms with E-state index in [-0.39, 0.29) is 12.0 Å². The quantitative estimate of drug-likeness (QED) is 0.857. The SMILES string of the molecule is COCc1cnc2n1CCN(C(=O)C1CCSCC1)C2C. The monoisotopic (exact) mass is 309 g/mol. The third-order valence-electron chi connectivity index (χ3n) is 4.52. The normalized spacial score (nSPS) is 23.1. The summed E-state index contributed by atoms with van der Waals surface area (Å²) in [6.45, 7) is 4.27. The predicted molar refractivity (Wildman–Crippen MR) is 83.1 cm³/mol. The zero-order chi connectivity index (χ0) is 14.8. The second kappa shape index (κ2) is 6.40. The number of hydrogen-bond acceptors (Lipinski definition) is 4. The Hall–Kier alpha value is -1.01. The van der Waals surface area contributed by atoms with Crippen molar-refractivity contribution in [3.63, 3.8) is 0 Å². The standard InChI is InChI=1S/C15H23N3O2S/c1-11-14-16-9-13(10-20-2)18(14)6-5-17(11)15(19)12-3-7-21-8-4-12/h9,11-12H,3-8,10H2,1-2H3. The first-order valence-electron chi connectivity index (χ1n) is 7.64. The summed E-state index contributed by atoms with van der Waals surface area (Å²) < 4.78 is 7.42. The minimum atomic E-state index is 0.0615. The molecular formula is C15H23N3O2S. The van der Waals surface area contributed by atoms with Gasteiger partial charge in [-0.15, -0.1) is 0 Å². The van der Waals surface area contributed by atoms with Crippen LogP contribution in [0.15, 0.2) is 6.20 Å². The van der Waals surface area contributed by atoms with Crippen LogP contribution in [0.5, 0.6) is 0 Å². The van der Waals surface area contributed by atoms with Crippen molar-refractivity contribution in [1.82, 2.24) is 14.5 Å². The molecule has 0 aliphatic carbocycles. The molecule has 0 N–H and O–H groups in total. The third kappa shape index (κ3) is 2.83. The molecule has 0 bridgehead atoms. The van der Waals surface area contributed by atoms with E-state index >= 15 is 0 Å². The largest absolute Gasteiger partial charge is 0.378 e. The summed E-state index contributed by atoms with van der Waals surface area (Å²) in [5, 5.41) is 0. The average molecular weight is 309 g/mol. The Morgan fingerprint density at radius 2 is 2.19 bits per heavy atom. The maximum absolute atomic E-state index is 12.8. The molecule has 1 unspecified atom stereocenters. The fraction of sp³-hybridized carbons (Fsp3) is 0.733. The molecule has 0 radical (unpaired) electrons. The van der Waals surface area contributed by atoms with Gasteiger partial charge >= 0.3 is 0 Å². The number of thioether (sulfide) groups is 1. The van der Waals surface area contributed by atoms with Gasteiger partial charge in [0.05, 0.1) is 24.5 Å². The molecule has 1 saturated heterocycles. The fourth-order valence-corrected chi connectivity index (χ4v) is 4.41. The molecule has 1 aromatic rings. The molecule has 0 saturated carbocycles. The molecule has 1 amide bonds. The lowest BCUT2D eigenvalue weighted by molar-refractivity contribution is -0.139. The van der Waals surface area contributed by atoms with E-state index in [0.29, 0.717) is 12.5 Å². The molecule has 6 heteroatoms. The predicted octanol–water partition coefficient (Wildman–Crippen LogP) is 2.08. The summed E-state index contributed by atoms with van der Waals surface area (Å²) in [5.41, 5.74) is 1.10. The Morgan fingerprint density at radius 1 is 1.43 bits per heavy atom. The number of amides is 1. The molecule has 3 heterocycles. The highest BCUT2D eigenvalue weighted by Crippen LogP contribution is 2.30. The zero-order valence-electron chi connectivity index (χ0n) is 12.7. The summed E-state index contributed by atoms with van der Waals surface area (Å²) in [6.07, 6.45) is 3.92. The number of rotatable bonds is 3. The van der Waals surface area contributed by atoms with Crippen molar-refractivity contribution < 1.29 is 9.53 Å². The topological polar surface area (TPSA) is 47.4 Å². The highest BCUT2D eigenvalue weighted by Gasteiger charge is 2.34. The number of methoxy groups -OCH3 is 1. The van der Waals surface area contributed by atoms with Crippen molar-refractivity contribution in [2.45, 2.75) is 39.0 Å². The van der Waals surface area contributed by atoms with Crippen molar-refractivity contribution >= 4 is 17.7 Å². The van der Waals surface area contributed by atoms with E-state index in [1.54, 1.807) is 7.11 Å². The summed E-state index contributed by atoms with van der Waals surface area (Å²) in [6, 6.07) is 0.0615. The van der Waals surface area contributed by atoms with Gasteiger partial charge in [-0.1, -0.05) is 0 Å².